The summed E-state index contributed by atoms with van der Waals surface area (Å²) < 4.78 is 5.53. The van der Waals surface area contributed by atoms with Gasteiger partial charge in [0.2, 0.25) is 0 Å². The second-order valence-corrected chi connectivity index (χ2v) is 6.13. The summed E-state index contributed by atoms with van der Waals surface area (Å²) >= 11 is 13.0. The number of aryl methyl sites for hydroxylation is 2. The van der Waals surface area contributed by atoms with Crippen molar-refractivity contribution >= 4 is 23.2 Å². The van der Waals surface area contributed by atoms with Gasteiger partial charge in [-0.2, -0.15) is 0 Å². The van der Waals surface area contributed by atoms with E-state index in [4.69, 9.17) is 27.9 Å². The molecule has 0 saturated heterocycles. The first kappa shape index (κ1) is 13.8. The molecule has 104 valence electrons. The molecule has 1 aliphatic heterocycles. The third-order valence-electron chi connectivity index (χ3n) is 3.89. The van der Waals surface area contributed by atoms with E-state index >= 15 is 0 Å². The standard InChI is InChI=1S/C17H16Cl2O/c1-10-7-14(15(18)8-11(10)2)17(19)13-3-4-16-12(9-13)5-6-20-16/h3-4,7-9,17H,5-6H2,1-2H3. The van der Waals surface area contributed by atoms with Gasteiger partial charge in [0, 0.05) is 11.4 Å². The monoisotopic (exact) mass is 306 g/mol. The maximum absolute atomic E-state index is 6.64. The molecule has 1 nitrogen and oxygen atoms in total. The molecule has 1 atom stereocenters. The Morgan fingerprint density at radius 1 is 1.10 bits per heavy atom. The maximum Gasteiger partial charge on any atom is 0.122 e. The summed E-state index contributed by atoms with van der Waals surface area (Å²) in [6.07, 6.45) is 0.952. The minimum Gasteiger partial charge on any atom is -0.493 e. The highest BCUT2D eigenvalue weighted by Gasteiger charge is 2.19. The van der Waals surface area contributed by atoms with Crippen LogP contribution in [-0.4, -0.2) is 6.61 Å². The Bertz CT molecular complexity index is 664. The zero-order valence-electron chi connectivity index (χ0n) is 11.5. The molecule has 1 aliphatic rings. The van der Waals surface area contributed by atoms with Crippen molar-refractivity contribution in [3.8, 4) is 5.75 Å². The molecule has 0 saturated carbocycles. The van der Waals surface area contributed by atoms with Crippen LogP contribution in [0.5, 0.6) is 5.75 Å². The maximum atomic E-state index is 6.64. The average molecular weight is 307 g/mol. The molecule has 0 spiro atoms. The van der Waals surface area contributed by atoms with Gasteiger partial charge < -0.3 is 4.74 Å². The van der Waals surface area contributed by atoms with Gasteiger partial charge in [0.1, 0.15) is 5.75 Å². The number of halogens is 2. The minimum atomic E-state index is -0.229. The molecule has 2 aromatic rings. The van der Waals surface area contributed by atoms with Gasteiger partial charge in [0.25, 0.3) is 0 Å². The molecule has 0 bridgehead atoms. The summed E-state index contributed by atoms with van der Waals surface area (Å²) in [7, 11) is 0. The summed E-state index contributed by atoms with van der Waals surface area (Å²) in [5.74, 6) is 0.976. The number of ether oxygens (including phenoxy) is 1. The highest BCUT2D eigenvalue weighted by atomic mass is 35.5. The first-order chi connectivity index (χ1) is 9.56. The van der Waals surface area contributed by atoms with Crippen LogP contribution in [0, 0.1) is 13.8 Å². The Morgan fingerprint density at radius 2 is 1.85 bits per heavy atom. The van der Waals surface area contributed by atoms with E-state index in [0.29, 0.717) is 0 Å². The number of benzene rings is 2. The second kappa shape index (κ2) is 5.31. The van der Waals surface area contributed by atoms with Crippen LogP contribution >= 0.6 is 23.2 Å². The molecule has 0 fully saturated rings. The van der Waals surface area contributed by atoms with Crippen molar-refractivity contribution in [2.75, 3.05) is 6.61 Å². The van der Waals surface area contributed by atoms with Crippen LogP contribution in [0.25, 0.3) is 0 Å². The normalized spacial score (nSPS) is 14.8. The van der Waals surface area contributed by atoms with Gasteiger partial charge in [0.05, 0.1) is 12.0 Å². The summed E-state index contributed by atoms with van der Waals surface area (Å²) in [6, 6.07) is 10.2. The van der Waals surface area contributed by atoms with Crippen molar-refractivity contribution in [1.82, 2.24) is 0 Å². The zero-order chi connectivity index (χ0) is 14.3. The van der Waals surface area contributed by atoms with E-state index in [0.717, 1.165) is 34.9 Å². The Labute approximate surface area is 129 Å². The quantitative estimate of drug-likeness (QED) is 0.691. The summed E-state index contributed by atoms with van der Waals surface area (Å²) in [5.41, 5.74) is 5.66. The topological polar surface area (TPSA) is 9.23 Å². The van der Waals surface area contributed by atoms with E-state index < -0.39 is 0 Å². The Balaban J connectivity index is 2.00. The van der Waals surface area contributed by atoms with E-state index in [1.165, 1.54) is 16.7 Å². The third-order valence-corrected chi connectivity index (χ3v) is 4.71. The molecule has 0 aliphatic carbocycles. The van der Waals surface area contributed by atoms with Crippen molar-refractivity contribution in [3.05, 3.63) is 63.2 Å². The Morgan fingerprint density at radius 3 is 2.65 bits per heavy atom. The minimum absolute atomic E-state index is 0.229. The Hall–Kier alpha value is -1.18. The van der Waals surface area contributed by atoms with Crippen molar-refractivity contribution in [1.29, 1.82) is 0 Å². The third kappa shape index (κ3) is 2.41. The zero-order valence-corrected chi connectivity index (χ0v) is 13.1. The highest BCUT2D eigenvalue weighted by Crippen LogP contribution is 2.37. The summed E-state index contributed by atoms with van der Waals surface area (Å²) in [4.78, 5) is 0. The van der Waals surface area contributed by atoms with Gasteiger partial charge in [-0.1, -0.05) is 29.8 Å². The van der Waals surface area contributed by atoms with E-state index in [-0.39, 0.29) is 5.38 Å². The van der Waals surface area contributed by atoms with Crippen molar-refractivity contribution in [2.45, 2.75) is 25.6 Å². The molecule has 1 heterocycles. The van der Waals surface area contributed by atoms with Gasteiger partial charge >= 0.3 is 0 Å². The smallest absolute Gasteiger partial charge is 0.122 e. The van der Waals surface area contributed by atoms with E-state index in [2.05, 4.69) is 26.0 Å². The largest absolute Gasteiger partial charge is 0.493 e. The number of alkyl halides is 1. The van der Waals surface area contributed by atoms with E-state index in [1.54, 1.807) is 0 Å². The van der Waals surface area contributed by atoms with Crippen LogP contribution in [0.3, 0.4) is 0 Å². The molecule has 2 aromatic carbocycles. The van der Waals surface area contributed by atoms with Gasteiger partial charge in [0.15, 0.2) is 0 Å². The highest BCUT2D eigenvalue weighted by molar-refractivity contribution is 6.33. The molecular formula is C17H16Cl2O. The SMILES string of the molecule is Cc1cc(Cl)c(C(Cl)c2ccc3c(c2)CCO3)cc1C. The molecule has 3 rings (SSSR count). The predicted molar refractivity (Wildman–Crippen MR) is 84.3 cm³/mol. The first-order valence-electron chi connectivity index (χ1n) is 6.72. The molecule has 20 heavy (non-hydrogen) atoms. The number of hydrogen-bond acceptors (Lipinski definition) is 1. The second-order valence-electron chi connectivity index (χ2n) is 5.29. The first-order valence-corrected chi connectivity index (χ1v) is 7.54. The van der Waals surface area contributed by atoms with Crippen molar-refractivity contribution in [3.63, 3.8) is 0 Å². The summed E-state index contributed by atoms with van der Waals surface area (Å²) in [6.45, 7) is 4.90. The lowest BCUT2D eigenvalue weighted by molar-refractivity contribution is 0.357. The van der Waals surface area contributed by atoms with Crippen LogP contribution in [0.4, 0.5) is 0 Å². The van der Waals surface area contributed by atoms with E-state index in [1.807, 2.05) is 18.2 Å². The fraction of sp³-hybridized carbons (Fsp3) is 0.294. The van der Waals surface area contributed by atoms with Gasteiger partial charge in [-0.15, -0.1) is 11.6 Å². The van der Waals surface area contributed by atoms with Gasteiger partial charge in [-0.3, -0.25) is 0 Å². The average Bonchev–Trinajstić information content (AvgIpc) is 2.89. The molecule has 0 aromatic heterocycles. The van der Waals surface area contributed by atoms with Crippen LogP contribution in [0.1, 0.15) is 33.2 Å². The van der Waals surface area contributed by atoms with Gasteiger partial charge in [-0.05, 0) is 53.8 Å². The lowest BCUT2D eigenvalue weighted by Gasteiger charge is -2.15. The number of rotatable bonds is 2. The number of fused-ring (bicyclic) bond motifs is 1. The number of hydrogen-bond donors (Lipinski definition) is 0. The molecule has 0 N–H and O–H groups in total. The lowest BCUT2D eigenvalue weighted by atomic mass is 9.98. The van der Waals surface area contributed by atoms with Crippen LogP contribution < -0.4 is 4.74 Å². The predicted octanol–water partition coefficient (Wildman–Crippen LogP) is 5.22. The fourth-order valence-electron chi connectivity index (χ4n) is 2.54. The molecule has 1 unspecified atom stereocenters. The fourth-order valence-corrected chi connectivity index (χ4v) is 3.24. The van der Waals surface area contributed by atoms with Crippen LogP contribution in [-0.2, 0) is 6.42 Å². The van der Waals surface area contributed by atoms with Crippen molar-refractivity contribution < 1.29 is 4.74 Å². The van der Waals surface area contributed by atoms with Gasteiger partial charge in [-0.25, -0.2) is 0 Å². The van der Waals surface area contributed by atoms with Crippen molar-refractivity contribution in [2.24, 2.45) is 0 Å². The molecule has 0 radical (unpaired) electrons. The van der Waals surface area contributed by atoms with Crippen LogP contribution in [0.15, 0.2) is 30.3 Å². The lowest BCUT2D eigenvalue weighted by Crippen LogP contribution is -1.97. The van der Waals surface area contributed by atoms with Crippen LogP contribution in [0.2, 0.25) is 5.02 Å². The summed E-state index contributed by atoms with van der Waals surface area (Å²) in [5, 5.41) is 0.498. The molecule has 3 heteroatoms. The molecular weight excluding hydrogens is 291 g/mol. The van der Waals surface area contributed by atoms with E-state index in [9.17, 15) is 0 Å². The molecule has 0 amide bonds. The Kier molecular flexibility index (Phi) is 3.66.